The van der Waals surface area contributed by atoms with Crippen LogP contribution in [0.1, 0.15) is 240 Å². The Hall–Kier alpha value is -1.30. The SMILES string of the molecule is CCCCCCCCC(O)CN(CCCCC1C(=O)NCC(=O)N1CCCCN(CC(O)CCCCCCCC)CC(O)CCCCCCCC)CC(O)CCCCCCCC. The van der Waals surface area contributed by atoms with Crippen LogP contribution >= 0.6 is 0 Å². The normalized spacial score (nSPS) is 16.7. The molecule has 0 aromatic carbocycles. The number of piperazine rings is 1. The lowest BCUT2D eigenvalue weighted by atomic mass is 10.0. The van der Waals surface area contributed by atoms with Gasteiger partial charge in [-0.15, -0.1) is 0 Å². The number of nitrogens with one attached hydrogen (secondary N) is 1. The van der Waals surface area contributed by atoms with Gasteiger partial charge in [0, 0.05) is 32.7 Å². The number of amides is 2. The Morgan fingerprint density at radius 3 is 1.15 bits per heavy atom. The molecule has 10 heteroatoms. The minimum atomic E-state index is -0.490. The maximum Gasteiger partial charge on any atom is 0.243 e. The van der Waals surface area contributed by atoms with Crippen molar-refractivity contribution in [2.45, 2.75) is 270 Å². The first-order valence-electron chi connectivity index (χ1n) is 26.9. The highest BCUT2D eigenvalue weighted by atomic mass is 16.3. The lowest BCUT2D eigenvalue weighted by Gasteiger charge is -2.35. The molecule has 0 aliphatic carbocycles. The van der Waals surface area contributed by atoms with Gasteiger partial charge in [-0.25, -0.2) is 0 Å². The molecule has 1 saturated heterocycles. The molecule has 0 radical (unpaired) electrons. The van der Waals surface area contributed by atoms with E-state index in [1.807, 2.05) is 0 Å². The van der Waals surface area contributed by atoms with Crippen molar-refractivity contribution in [3.63, 3.8) is 0 Å². The number of hydrogen-bond acceptors (Lipinski definition) is 8. The van der Waals surface area contributed by atoms with Gasteiger partial charge in [0.2, 0.25) is 11.8 Å². The predicted molar refractivity (Wildman–Crippen MR) is 260 cm³/mol. The quantitative estimate of drug-likeness (QED) is 0.0381. The summed E-state index contributed by atoms with van der Waals surface area (Å²) in [6.07, 6.45) is 33.9. The van der Waals surface area contributed by atoms with Crippen LogP contribution in [-0.2, 0) is 9.59 Å². The molecule has 1 fully saturated rings. The third kappa shape index (κ3) is 32.4. The van der Waals surface area contributed by atoms with Crippen LogP contribution < -0.4 is 5.32 Å². The van der Waals surface area contributed by atoms with Crippen LogP contribution in [0.2, 0.25) is 0 Å². The molecule has 1 aliphatic heterocycles. The Morgan fingerprint density at radius 1 is 0.468 bits per heavy atom. The Balaban J connectivity index is 2.74. The fourth-order valence-corrected chi connectivity index (χ4v) is 9.27. The summed E-state index contributed by atoms with van der Waals surface area (Å²) in [6, 6.07) is -0.490. The molecule has 1 rings (SSSR count). The molecule has 0 aromatic heterocycles. The van der Waals surface area contributed by atoms with E-state index in [-0.39, 0.29) is 18.4 Å². The van der Waals surface area contributed by atoms with E-state index in [4.69, 9.17) is 0 Å². The molecule has 368 valence electrons. The molecular weight excluding hydrogens is 777 g/mol. The minimum Gasteiger partial charge on any atom is -0.392 e. The van der Waals surface area contributed by atoms with Gasteiger partial charge in [0.25, 0.3) is 0 Å². The number of nitrogens with zero attached hydrogens (tertiary/aromatic N) is 3. The number of unbranched alkanes of at least 4 members (excludes halogenated alkanes) is 22. The molecule has 0 aromatic rings. The second-order valence-corrected chi connectivity index (χ2v) is 19.4. The molecule has 5 atom stereocenters. The average Bonchev–Trinajstić information content (AvgIpc) is 3.24. The van der Waals surface area contributed by atoms with E-state index < -0.39 is 30.5 Å². The van der Waals surface area contributed by atoms with Crippen LogP contribution in [0.15, 0.2) is 0 Å². The number of aliphatic hydroxyl groups excluding tert-OH is 4. The smallest absolute Gasteiger partial charge is 0.243 e. The number of hydrogen-bond donors (Lipinski definition) is 5. The summed E-state index contributed by atoms with van der Waals surface area (Å²) in [6.45, 7) is 13.2. The number of rotatable bonds is 46. The lowest BCUT2D eigenvalue weighted by molar-refractivity contribution is -0.146. The van der Waals surface area contributed by atoms with E-state index in [1.54, 1.807) is 4.90 Å². The summed E-state index contributed by atoms with van der Waals surface area (Å²) >= 11 is 0. The van der Waals surface area contributed by atoms with E-state index in [9.17, 15) is 30.0 Å². The van der Waals surface area contributed by atoms with Gasteiger partial charge < -0.3 is 30.6 Å². The maximum absolute atomic E-state index is 13.2. The maximum atomic E-state index is 13.2. The van der Waals surface area contributed by atoms with E-state index in [0.29, 0.717) is 39.1 Å². The highest BCUT2D eigenvalue weighted by Gasteiger charge is 2.33. The van der Waals surface area contributed by atoms with Gasteiger partial charge >= 0.3 is 0 Å². The van der Waals surface area contributed by atoms with Gasteiger partial charge in [0.15, 0.2) is 0 Å². The zero-order valence-corrected chi connectivity index (χ0v) is 41.3. The molecule has 0 bridgehead atoms. The van der Waals surface area contributed by atoms with Gasteiger partial charge in [0.1, 0.15) is 6.04 Å². The monoisotopic (exact) mass is 881 g/mol. The van der Waals surface area contributed by atoms with Crippen LogP contribution in [0, 0.1) is 0 Å². The van der Waals surface area contributed by atoms with E-state index in [2.05, 4.69) is 42.8 Å². The molecule has 0 saturated carbocycles. The second kappa shape index (κ2) is 41.2. The van der Waals surface area contributed by atoms with E-state index in [0.717, 1.165) is 116 Å². The largest absolute Gasteiger partial charge is 0.392 e. The third-order valence-electron chi connectivity index (χ3n) is 13.2. The topological polar surface area (TPSA) is 137 Å². The molecule has 10 nitrogen and oxygen atoms in total. The zero-order chi connectivity index (χ0) is 45.5. The highest BCUT2D eigenvalue weighted by Crippen LogP contribution is 2.18. The molecular formula is C52H104N4O6. The van der Waals surface area contributed by atoms with Crippen molar-refractivity contribution in [3.05, 3.63) is 0 Å². The summed E-state index contributed by atoms with van der Waals surface area (Å²) in [5.41, 5.74) is 0. The molecule has 2 amide bonds. The first kappa shape index (κ1) is 58.7. The van der Waals surface area contributed by atoms with Crippen LogP contribution in [0.3, 0.4) is 0 Å². The van der Waals surface area contributed by atoms with Crippen molar-refractivity contribution >= 4 is 11.8 Å². The molecule has 5 unspecified atom stereocenters. The van der Waals surface area contributed by atoms with Crippen LogP contribution in [0.5, 0.6) is 0 Å². The minimum absolute atomic E-state index is 0.0348. The number of aliphatic hydroxyl groups is 4. The molecule has 5 N–H and O–H groups in total. The Morgan fingerprint density at radius 2 is 0.790 bits per heavy atom. The summed E-state index contributed by atoms with van der Waals surface area (Å²) in [5.74, 6) is -0.116. The molecule has 1 aliphatic rings. The van der Waals surface area contributed by atoms with Gasteiger partial charge in [-0.1, -0.05) is 182 Å². The van der Waals surface area contributed by atoms with Crippen molar-refractivity contribution in [3.8, 4) is 0 Å². The fourth-order valence-electron chi connectivity index (χ4n) is 9.27. The van der Waals surface area contributed by atoms with Crippen molar-refractivity contribution in [2.24, 2.45) is 0 Å². The second-order valence-electron chi connectivity index (χ2n) is 19.4. The van der Waals surface area contributed by atoms with Crippen molar-refractivity contribution in [1.29, 1.82) is 0 Å². The van der Waals surface area contributed by atoms with Crippen molar-refractivity contribution in [2.75, 3.05) is 52.4 Å². The van der Waals surface area contributed by atoms with Crippen molar-refractivity contribution < 1.29 is 30.0 Å². The summed E-state index contributed by atoms with van der Waals surface area (Å²) in [4.78, 5) is 32.7. The van der Waals surface area contributed by atoms with Gasteiger partial charge in [-0.2, -0.15) is 0 Å². The molecule has 0 spiro atoms. The number of carbonyl (C=O) groups is 2. The van der Waals surface area contributed by atoms with Gasteiger partial charge in [-0.05, 0) is 70.9 Å². The van der Waals surface area contributed by atoms with Crippen LogP contribution in [0.25, 0.3) is 0 Å². The highest BCUT2D eigenvalue weighted by molar-refractivity contribution is 5.94. The summed E-state index contributed by atoms with van der Waals surface area (Å²) in [7, 11) is 0. The predicted octanol–water partition coefficient (Wildman–Crippen LogP) is 10.3. The first-order valence-corrected chi connectivity index (χ1v) is 26.9. The van der Waals surface area contributed by atoms with Gasteiger partial charge in [0.05, 0.1) is 31.0 Å². The number of carbonyl (C=O) groups excluding carboxylic acids is 2. The molecule has 62 heavy (non-hydrogen) atoms. The molecule has 1 heterocycles. The Kier molecular flexibility index (Phi) is 39.0. The first-order chi connectivity index (χ1) is 30.1. The summed E-state index contributed by atoms with van der Waals surface area (Å²) < 4.78 is 0. The average molecular weight is 881 g/mol. The standard InChI is InChI=1S/C52H104N4O6/c1-5-9-13-17-21-25-33-46(57)42-54(43-47(58)34-26-22-18-14-10-6-2)38-30-29-37-50-52(62)53-41-51(61)56(50)40-32-31-39-55(44-48(59)35-27-23-19-15-11-7-3)45-49(60)36-28-24-20-16-12-8-4/h46-50,57-60H,5-45H2,1-4H3,(H,53,62). The third-order valence-corrected chi connectivity index (χ3v) is 13.2. The van der Waals surface area contributed by atoms with Crippen LogP contribution in [0.4, 0.5) is 0 Å². The fraction of sp³-hybridized carbons (Fsp3) is 0.962. The Bertz CT molecular complexity index is 896. The Labute approximate surface area is 383 Å². The lowest BCUT2D eigenvalue weighted by Crippen LogP contribution is -2.58. The van der Waals surface area contributed by atoms with Crippen molar-refractivity contribution in [1.82, 2.24) is 20.0 Å². The summed E-state index contributed by atoms with van der Waals surface area (Å²) in [5, 5.41) is 46.8. The zero-order valence-electron chi connectivity index (χ0n) is 41.3. The van der Waals surface area contributed by atoms with Crippen LogP contribution in [-0.4, -0.2) is 130 Å². The van der Waals surface area contributed by atoms with E-state index >= 15 is 0 Å². The van der Waals surface area contributed by atoms with E-state index in [1.165, 1.54) is 103 Å². The van der Waals surface area contributed by atoms with Gasteiger partial charge in [-0.3, -0.25) is 19.4 Å².